The van der Waals surface area contributed by atoms with Crippen LogP contribution in [0.4, 0.5) is 0 Å². The molecule has 0 unspecified atom stereocenters. The van der Waals surface area contributed by atoms with Crippen molar-refractivity contribution in [1.29, 1.82) is 0 Å². The molecular formula is C74H44O2. The summed E-state index contributed by atoms with van der Waals surface area (Å²) < 4.78 is 13.4. The van der Waals surface area contributed by atoms with E-state index in [2.05, 4.69) is 267 Å². The maximum atomic E-state index is 6.68. The van der Waals surface area contributed by atoms with Gasteiger partial charge in [0.25, 0.3) is 0 Å². The Morgan fingerprint density at radius 3 is 0.724 bits per heavy atom. The van der Waals surface area contributed by atoms with Crippen molar-refractivity contribution in [2.45, 2.75) is 0 Å². The van der Waals surface area contributed by atoms with Crippen molar-refractivity contribution in [3.63, 3.8) is 0 Å². The highest BCUT2D eigenvalue weighted by molar-refractivity contribution is 6.28. The van der Waals surface area contributed by atoms with Gasteiger partial charge in [-0.2, -0.15) is 0 Å². The lowest BCUT2D eigenvalue weighted by Crippen LogP contribution is -1.90. The Labute approximate surface area is 437 Å². The molecule has 0 amide bonds. The van der Waals surface area contributed by atoms with Crippen molar-refractivity contribution in [2.75, 3.05) is 0 Å². The molecular weight excluding hydrogens is 921 g/mol. The summed E-state index contributed by atoms with van der Waals surface area (Å²) in [4.78, 5) is 0. The van der Waals surface area contributed by atoms with E-state index in [0.717, 1.165) is 76.9 Å². The zero-order valence-corrected chi connectivity index (χ0v) is 41.2. The summed E-state index contributed by atoms with van der Waals surface area (Å²) in [7, 11) is 0. The average molecular weight is 965 g/mol. The molecule has 76 heavy (non-hydrogen) atoms. The second-order valence-corrected chi connectivity index (χ2v) is 20.2. The number of benzene rings is 14. The SMILES string of the molecule is c1ccc(-c2c3ccccc3c(-c3ccc(-c4ccc5c(c4)oc4ccc6c(ccc7oc8cc(-c9ccc(-c%10c%11ccccc%11c(-c%11ccccc%11)c%11ccccc%10%11)cc9)ccc8c76)c45)cc3)c3ccccc23)cc1. The molecule has 0 bridgehead atoms. The zero-order chi connectivity index (χ0) is 49.8. The predicted molar refractivity (Wildman–Crippen MR) is 321 cm³/mol. The number of hydrogen-bond donors (Lipinski definition) is 0. The van der Waals surface area contributed by atoms with Gasteiger partial charge in [-0.1, -0.05) is 218 Å². The van der Waals surface area contributed by atoms with E-state index >= 15 is 0 Å². The van der Waals surface area contributed by atoms with Gasteiger partial charge in [0.05, 0.1) is 0 Å². The van der Waals surface area contributed by atoms with Crippen LogP contribution in [0.2, 0.25) is 0 Å². The van der Waals surface area contributed by atoms with Crippen LogP contribution in [0.15, 0.2) is 276 Å². The molecule has 0 spiro atoms. The molecule has 0 fully saturated rings. The van der Waals surface area contributed by atoms with Crippen LogP contribution in [-0.4, -0.2) is 0 Å². The molecule has 0 N–H and O–H groups in total. The van der Waals surface area contributed by atoms with Crippen LogP contribution in [0.25, 0.3) is 165 Å². The van der Waals surface area contributed by atoms with Crippen molar-refractivity contribution >= 4 is 97.7 Å². The highest BCUT2D eigenvalue weighted by Crippen LogP contribution is 2.47. The number of hydrogen-bond acceptors (Lipinski definition) is 2. The third kappa shape index (κ3) is 6.47. The Morgan fingerprint density at radius 2 is 0.408 bits per heavy atom. The van der Waals surface area contributed by atoms with Gasteiger partial charge < -0.3 is 8.83 Å². The third-order valence-corrected chi connectivity index (χ3v) is 16.1. The molecule has 0 radical (unpaired) electrons. The van der Waals surface area contributed by atoms with E-state index in [-0.39, 0.29) is 0 Å². The lowest BCUT2D eigenvalue weighted by Gasteiger charge is -2.18. The average Bonchev–Trinajstić information content (AvgIpc) is 4.18. The summed E-state index contributed by atoms with van der Waals surface area (Å²) in [5.74, 6) is 0. The first kappa shape index (κ1) is 42.5. The normalized spacial score (nSPS) is 11.9. The number of rotatable bonds is 6. The van der Waals surface area contributed by atoms with E-state index in [1.807, 2.05) is 0 Å². The van der Waals surface area contributed by atoms with Gasteiger partial charge in [-0.3, -0.25) is 0 Å². The molecule has 2 nitrogen and oxygen atoms in total. The van der Waals surface area contributed by atoms with Crippen LogP contribution in [0.5, 0.6) is 0 Å². The highest BCUT2D eigenvalue weighted by atomic mass is 16.3. The highest BCUT2D eigenvalue weighted by Gasteiger charge is 2.21. The van der Waals surface area contributed by atoms with Crippen LogP contribution in [0.3, 0.4) is 0 Å². The molecule has 2 heterocycles. The van der Waals surface area contributed by atoms with Gasteiger partial charge in [0.15, 0.2) is 0 Å². The molecule has 0 saturated heterocycles. The summed E-state index contributed by atoms with van der Waals surface area (Å²) in [5.41, 5.74) is 17.9. The minimum Gasteiger partial charge on any atom is -0.456 e. The van der Waals surface area contributed by atoms with E-state index in [1.165, 1.54) is 87.6 Å². The molecule has 0 saturated carbocycles. The summed E-state index contributed by atoms with van der Waals surface area (Å²) >= 11 is 0. The molecule has 352 valence electrons. The number of fused-ring (bicyclic) bond motifs is 13. The molecule has 14 aromatic carbocycles. The molecule has 16 rings (SSSR count). The van der Waals surface area contributed by atoms with Gasteiger partial charge in [-0.25, -0.2) is 0 Å². The van der Waals surface area contributed by atoms with E-state index in [9.17, 15) is 0 Å². The number of furan rings is 2. The van der Waals surface area contributed by atoms with E-state index in [0.29, 0.717) is 0 Å². The van der Waals surface area contributed by atoms with Crippen LogP contribution < -0.4 is 0 Å². The van der Waals surface area contributed by atoms with Crippen molar-refractivity contribution < 1.29 is 8.83 Å². The van der Waals surface area contributed by atoms with Gasteiger partial charge >= 0.3 is 0 Å². The minimum absolute atomic E-state index is 0.871. The third-order valence-electron chi connectivity index (χ3n) is 16.1. The van der Waals surface area contributed by atoms with Crippen LogP contribution in [0.1, 0.15) is 0 Å². The molecule has 2 heteroatoms. The van der Waals surface area contributed by atoms with E-state index < -0.39 is 0 Å². The smallest absolute Gasteiger partial charge is 0.136 e. The summed E-state index contributed by atoms with van der Waals surface area (Å²) in [5, 5.41) is 16.8. The Morgan fingerprint density at radius 1 is 0.158 bits per heavy atom. The van der Waals surface area contributed by atoms with Crippen molar-refractivity contribution in [3.8, 4) is 66.8 Å². The van der Waals surface area contributed by atoms with Crippen LogP contribution in [-0.2, 0) is 0 Å². The van der Waals surface area contributed by atoms with Gasteiger partial charge in [-0.15, -0.1) is 0 Å². The monoisotopic (exact) mass is 964 g/mol. The standard InChI is InChI=1S/C74H44O2/c1-3-15-47(16-4-1)69-53-19-7-11-23-57(53)71(58-24-12-8-20-54(58)69)49-31-27-45(28-32-49)51-35-37-63-67(43-51)75-65-41-39-62-61(73(63)65)40-42-66-74(62)64-38-36-52(44-68(64)76-66)46-29-33-50(34-30-46)72-59-25-13-9-21-55(59)70(48-17-5-2-6-18-48)56-22-10-14-26-60(56)72/h1-44H. The Kier molecular flexibility index (Phi) is 9.37. The fraction of sp³-hybridized carbons (Fsp3) is 0. The predicted octanol–water partition coefficient (Wildman–Crippen LogP) is 21.3. The molecule has 16 aromatic rings. The van der Waals surface area contributed by atoms with E-state index in [1.54, 1.807) is 0 Å². The molecule has 0 aliphatic carbocycles. The van der Waals surface area contributed by atoms with Gasteiger partial charge in [-0.05, 0) is 169 Å². The topological polar surface area (TPSA) is 26.3 Å². The summed E-state index contributed by atoms with van der Waals surface area (Å²) in [6, 6.07) is 96.9. The van der Waals surface area contributed by atoms with Crippen LogP contribution >= 0.6 is 0 Å². The maximum absolute atomic E-state index is 6.68. The van der Waals surface area contributed by atoms with Crippen LogP contribution in [0, 0.1) is 0 Å². The van der Waals surface area contributed by atoms with Crippen molar-refractivity contribution in [3.05, 3.63) is 267 Å². The Hall–Kier alpha value is -10.0. The first-order valence-electron chi connectivity index (χ1n) is 26.1. The fourth-order valence-corrected chi connectivity index (χ4v) is 12.7. The second kappa shape index (κ2) is 16.8. The zero-order valence-electron chi connectivity index (χ0n) is 41.2. The lowest BCUT2D eigenvalue weighted by molar-refractivity contribution is 0.668. The Balaban J connectivity index is 0.739. The van der Waals surface area contributed by atoms with Gasteiger partial charge in [0, 0.05) is 21.5 Å². The molecule has 0 atom stereocenters. The van der Waals surface area contributed by atoms with E-state index in [4.69, 9.17) is 8.83 Å². The summed E-state index contributed by atoms with van der Waals surface area (Å²) in [6.45, 7) is 0. The Bertz CT molecular complexity index is 4570. The lowest BCUT2D eigenvalue weighted by atomic mass is 9.86. The van der Waals surface area contributed by atoms with Gasteiger partial charge in [0.1, 0.15) is 22.3 Å². The minimum atomic E-state index is 0.871. The first-order valence-corrected chi connectivity index (χ1v) is 26.1. The molecule has 0 aliphatic heterocycles. The second-order valence-electron chi connectivity index (χ2n) is 20.2. The summed E-state index contributed by atoms with van der Waals surface area (Å²) in [6.07, 6.45) is 0. The first-order chi connectivity index (χ1) is 37.7. The maximum Gasteiger partial charge on any atom is 0.136 e. The van der Waals surface area contributed by atoms with Gasteiger partial charge in [0.2, 0.25) is 0 Å². The largest absolute Gasteiger partial charge is 0.456 e. The molecule has 2 aromatic heterocycles. The fourth-order valence-electron chi connectivity index (χ4n) is 12.7. The molecule has 0 aliphatic rings. The quantitative estimate of drug-likeness (QED) is 0.155. The van der Waals surface area contributed by atoms with Crippen molar-refractivity contribution in [2.24, 2.45) is 0 Å². The van der Waals surface area contributed by atoms with Crippen molar-refractivity contribution in [1.82, 2.24) is 0 Å².